The van der Waals surface area contributed by atoms with Crippen molar-refractivity contribution >= 4 is 5.91 Å². The molecule has 2 heterocycles. The SMILES string of the molecule is O=C(c1ccc(C(F)(F)F)nc1)N1CCC[C@@H]1[C@H]1CCCC[C@H]1O. The van der Waals surface area contributed by atoms with Crippen LogP contribution in [0.5, 0.6) is 0 Å². The zero-order valence-corrected chi connectivity index (χ0v) is 13.3. The lowest BCUT2D eigenvalue weighted by atomic mass is 9.80. The number of hydrogen-bond acceptors (Lipinski definition) is 3. The van der Waals surface area contributed by atoms with Gasteiger partial charge in [-0.25, -0.2) is 0 Å². The van der Waals surface area contributed by atoms with Gasteiger partial charge in [0, 0.05) is 24.7 Å². The first-order valence-electron chi connectivity index (χ1n) is 8.40. The number of halogens is 3. The van der Waals surface area contributed by atoms with Gasteiger partial charge < -0.3 is 10.0 Å². The normalized spacial score (nSPS) is 28.2. The van der Waals surface area contributed by atoms with Gasteiger partial charge >= 0.3 is 6.18 Å². The lowest BCUT2D eigenvalue weighted by molar-refractivity contribution is -0.141. The molecule has 1 saturated carbocycles. The molecule has 3 rings (SSSR count). The highest BCUT2D eigenvalue weighted by Crippen LogP contribution is 2.35. The quantitative estimate of drug-likeness (QED) is 0.898. The minimum Gasteiger partial charge on any atom is -0.393 e. The summed E-state index contributed by atoms with van der Waals surface area (Å²) in [6.07, 6.45) is 1.47. The van der Waals surface area contributed by atoms with Crippen LogP contribution in [0.25, 0.3) is 0 Å². The van der Waals surface area contributed by atoms with Crippen LogP contribution >= 0.6 is 0 Å². The Morgan fingerprint density at radius 3 is 2.54 bits per heavy atom. The van der Waals surface area contributed by atoms with Crippen LogP contribution in [0, 0.1) is 5.92 Å². The lowest BCUT2D eigenvalue weighted by Gasteiger charge is -2.37. The van der Waals surface area contributed by atoms with E-state index in [0.29, 0.717) is 6.54 Å². The van der Waals surface area contributed by atoms with E-state index in [9.17, 15) is 23.1 Å². The van der Waals surface area contributed by atoms with Gasteiger partial charge in [0.2, 0.25) is 0 Å². The van der Waals surface area contributed by atoms with E-state index in [1.165, 1.54) is 6.07 Å². The summed E-state index contributed by atoms with van der Waals surface area (Å²) >= 11 is 0. The zero-order chi connectivity index (χ0) is 17.3. The number of alkyl halides is 3. The van der Waals surface area contributed by atoms with Crippen LogP contribution in [0.15, 0.2) is 18.3 Å². The van der Waals surface area contributed by atoms with E-state index in [1.54, 1.807) is 4.90 Å². The number of nitrogens with zero attached hydrogens (tertiary/aromatic N) is 2. The van der Waals surface area contributed by atoms with E-state index in [2.05, 4.69) is 4.98 Å². The Kier molecular flexibility index (Phi) is 4.80. The van der Waals surface area contributed by atoms with Crippen molar-refractivity contribution in [2.75, 3.05) is 6.54 Å². The molecule has 0 bridgehead atoms. The molecule has 132 valence electrons. The predicted molar refractivity (Wildman–Crippen MR) is 81.3 cm³/mol. The van der Waals surface area contributed by atoms with E-state index in [4.69, 9.17) is 0 Å². The fourth-order valence-corrected chi connectivity index (χ4v) is 3.93. The van der Waals surface area contributed by atoms with Crippen molar-refractivity contribution in [2.24, 2.45) is 5.92 Å². The topological polar surface area (TPSA) is 53.4 Å². The smallest absolute Gasteiger partial charge is 0.393 e. The van der Waals surface area contributed by atoms with Gasteiger partial charge in [0.15, 0.2) is 0 Å². The van der Waals surface area contributed by atoms with Gasteiger partial charge in [-0.15, -0.1) is 0 Å². The Bertz CT molecular complexity index is 588. The minimum absolute atomic E-state index is 0.0323. The first-order valence-corrected chi connectivity index (χ1v) is 8.40. The van der Waals surface area contributed by atoms with E-state index >= 15 is 0 Å². The minimum atomic E-state index is -4.51. The van der Waals surface area contributed by atoms with Gasteiger partial charge in [0.05, 0.1) is 11.7 Å². The van der Waals surface area contributed by atoms with Gasteiger partial charge in [-0.05, 0) is 37.8 Å². The second kappa shape index (κ2) is 6.70. The van der Waals surface area contributed by atoms with Crippen molar-refractivity contribution in [3.63, 3.8) is 0 Å². The van der Waals surface area contributed by atoms with Crippen molar-refractivity contribution in [1.29, 1.82) is 0 Å². The largest absolute Gasteiger partial charge is 0.433 e. The summed E-state index contributed by atoms with van der Waals surface area (Å²) in [5.74, 6) is -0.232. The molecule has 1 N–H and O–H groups in total. The molecule has 3 atom stereocenters. The molecule has 0 aromatic carbocycles. The summed E-state index contributed by atoms with van der Waals surface area (Å²) in [5, 5.41) is 10.3. The molecule has 24 heavy (non-hydrogen) atoms. The third kappa shape index (κ3) is 3.41. The Morgan fingerprint density at radius 1 is 1.17 bits per heavy atom. The molecule has 0 spiro atoms. The van der Waals surface area contributed by atoms with Crippen LogP contribution in [0.1, 0.15) is 54.6 Å². The Balaban J connectivity index is 1.76. The Morgan fingerprint density at radius 2 is 1.92 bits per heavy atom. The van der Waals surface area contributed by atoms with Crippen LogP contribution in [-0.2, 0) is 6.18 Å². The third-order valence-electron chi connectivity index (χ3n) is 5.14. The number of amides is 1. The van der Waals surface area contributed by atoms with E-state index in [0.717, 1.165) is 50.8 Å². The summed E-state index contributed by atoms with van der Waals surface area (Å²) in [5.41, 5.74) is -0.833. The average Bonchev–Trinajstić information content (AvgIpc) is 3.03. The first-order chi connectivity index (χ1) is 11.4. The molecule has 2 aliphatic rings. The van der Waals surface area contributed by atoms with E-state index in [-0.39, 0.29) is 23.4 Å². The summed E-state index contributed by atoms with van der Waals surface area (Å²) in [6, 6.07) is 1.99. The number of aliphatic hydroxyl groups excluding tert-OH is 1. The van der Waals surface area contributed by atoms with Crippen LogP contribution in [-0.4, -0.2) is 39.6 Å². The highest BCUT2D eigenvalue weighted by Gasteiger charge is 2.39. The number of carbonyl (C=O) groups excluding carboxylic acids is 1. The summed E-state index contributed by atoms with van der Waals surface area (Å²) in [7, 11) is 0. The van der Waals surface area contributed by atoms with Crippen LogP contribution in [0.3, 0.4) is 0 Å². The summed E-state index contributed by atoms with van der Waals surface area (Å²) < 4.78 is 37.8. The molecule has 2 fully saturated rings. The number of likely N-dealkylation sites (tertiary alicyclic amines) is 1. The first kappa shape index (κ1) is 17.2. The molecular weight excluding hydrogens is 321 g/mol. The van der Waals surface area contributed by atoms with E-state index < -0.39 is 18.0 Å². The number of aliphatic hydroxyl groups is 1. The maximum Gasteiger partial charge on any atom is 0.433 e. The van der Waals surface area contributed by atoms with Gasteiger partial charge in [-0.3, -0.25) is 9.78 Å². The number of hydrogen-bond donors (Lipinski definition) is 1. The maximum absolute atomic E-state index is 12.7. The Labute approximate surface area is 138 Å². The number of rotatable bonds is 2. The molecule has 1 aromatic heterocycles. The molecule has 4 nitrogen and oxygen atoms in total. The van der Waals surface area contributed by atoms with Crippen molar-refractivity contribution in [2.45, 2.75) is 56.8 Å². The number of aromatic nitrogens is 1. The van der Waals surface area contributed by atoms with Gasteiger partial charge in [-0.2, -0.15) is 13.2 Å². The average molecular weight is 342 g/mol. The van der Waals surface area contributed by atoms with Crippen molar-refractivity contribution < 1.29 is 23.1 Å². The van der Waals surface area contributed by atoms with Crippen molar-refractivity contribution in [3.8, 4) is 0 Å². The van der Waals surface area contributed by atoms with Gasteiger partial charge in [0.1, 0.15) is 5.69 Å². The second-order valence-corrected chi connectivity index (χ2v) is 6.65. The molecule has 1 saturated heterocycles. The highest BCUT2D eigenvalue weighted by molar-refractivity contribution is 5.94. The zero-order valence-electron chi connectivity index (χ0n) is 13.3. The second-order valence-electron chi connectivity index (χ2n) is 6.65. The molecule has 0 radical (unpaired) electrons. The highest BCUT2D eigenvalue weighted by atomic mass is 19.4. The number of carbonyl (C=O) groups is 1. The van der Waals surface area contributed by atoms with Crippen LogP contribution in [0.2, 0.25) is 0 Å². The number of pyridine rings is 1. The van der Waals surface area contributed by atoms with Crippen molar-refractivity contribution in [3.05, 3.63) is 29.6 Å². The van der Waals surface area contributed by atoms with Gasteiger partial charge in [-0.1, -0.05) is 12.8 Å². The standard InChI is InChI=1S/C17H21F3N2O2/c18-17(19,20)15-8-7-11(10-21-15)16(24)22-9-3-5-13(22)12-4-1-2-6-14(12)23/h7-8,10,12-14,23H,1-6,9H2/t12-,13-,14-/m1/s1. The van der Waals surface area contributed by atoms with Crippen molar-refractivity contribution in [1.82, 2.24) is 9.88 Å². The lowest BCUT2D eigenvalue weighted by Crippen LogP contribution is -2.45. The summed E-state index contributed by atoms with van der Waals surface area (Å²) in [4.78, 5) is 17.8. The molecule has 0 unspecified atom stereocenters. The van der Waals surface area contributed by atoms with Crippen LogP contribution < -0.4 is 0 Å². The molecule has 7 heteroatoms. The van der Waals surface area contributed by atoms with Gasteiger partial charge in [0.25, 0.3) is 5.91 Å². The molecular formula is C17H21F3N2O2. The summed E-state index contributed by atoms with van der Waals surface area (Å²) in [6.45, 7) is 0.577. The van der Waals surface area contributed by atoms with Crippen LogP contribution in [0.4, 0.5) is 13.2 Å². The monoisotopic (exact) mass is 342 g/mol. The predicted octanol–water partition coefficient (Wildman–Crippen LogP) is 3.26. The van der Waals surface area contributed by atoms with E-state index in [1.807, 2.05) is 0 Å². The molecule has 1 aliphatic carbocycles. The molecule has 1 amide bonds. The molecule has 1 aromatic rings. The third-order valence-corrected chi connectivity index (χ3v) is 5.14. The fourth-order valence-electron chi connectivity index (χ4n) is 3.93. The Hall–Kier alpha value is -1.63. The fraction of sp³-hybridized carbons (Fsp3) is 0.647. The maximum atomic E-state index is 12.7. The molecule has 1 aliphatic heterocycles.